The maximum atomic E-state index is 12.6. The largest absolute Gasteiger partial charge is 0.495 e. The number of hydrogen-bond donors (Lipinski definition) is 2. The lowest BCUT2D eigenvalue weighted by molar-refractivity contribution is 0.0977. The Labute approximate surface area is 213 Å². The summed E-state index contributed by atoms with van der Waals surface area (Å²) in [6.07, 6.45) is 1.01. The minimum absolute atomic E-state index is 0.111. The van der Waals surface area contributed by atoms with Crippen LogP contribution in [0.5, 0.6) is 11.5 Å². The molecule has 180 valence electrons. The van der Waals surface area contributed by atoms with Crippen molar-refractivity contribution < 1.29 is 14.3 Å². The van der Waals surface area contributed by atoms with Gasteiger partial charge in [0.15, 0.2) is 5.11 Å². The quantitative estimate of drug-likeness (QED) is 0.323. The molecule has 0 aliphatic heterocycles. The Balaban J connectivity index is 1.41. The highest BCUT2D eigenvalue weighted by atomic mass is 35.5. The Kier molecular flexibility index (Phi) is 7.48. The van der Waals surface area contributed by atoms with E-state index in [-0.39, 0.29) is 17.1 Å². The van der Waals surface area contributed by atoms with Gasteiger partial charge in [-0.15, -0.1) is 10.2 Å². The molecule has 8 nitrogen and oxygen atoms in total. The number of aromatic nitrogens is 3. The molecular weight excluding hydrogens is 486 g/mol. The van der Waals surface area contributed by atoms with Crippen LogP contribution in [0, 0.1) is 0 Å². The third-order valence-corrected chi connectivity index (χ3v) is 5.76. The lowest BCUT2D eigenvalue weighted by atomic mass is 10.2. The summed E-state index contributed by atoms with van der Waals surface area (Å²) in [6.45, 7) is 4.05. The molecule has 0 aliphatic rings. The fourth-order valence-corrected chi connectivity index (χ4v) is 3.69. The standard InChI is InChI=1S/C25H24ClN5O3S/c1-4-15(2)34-19-9-5-16(6-10-19)24(32)28-25(35)27-17-7-11-21-22(13-17)30-31(29-21)18-8-12-23(33-3)20(26)14-18/h5-15H,4H2,1-3H3,(H2,27,28,32,35)/t15-/m0/s1. The van der Waals surface area contributed by atoms with Crippen LogP contribution in [0.1, 0.15) is 30.6 Å². The fraction of sp³-hybridized carbons (Fsp3) is 0.200. The van der Waals surface area contributed by atoms with Gasteiger partial charge in [0.25, 0.3) is 5.91 Å². The van der Waals surface area contributed by atoms with Crippen LogP contribution in [0.3, 0.4) is 0 Å². The molecule has 0 unspecified atom stereocenters. The van der Waals surface area contributed by atoms with Crippen LogP contribution in [0.25, 0.3) is 16.7 Å². The Bertz CT molecular complexity index is 1370. The molecule has 0 bridgehead atoms. The van der Waals surface area contributed by atoms with E-state index in [1.165, 1.54) is 4.80 Å². The average Bonchev–Trinajstić information content (AvgIpc) is 3.27. The molecule has 0 saturated carbocycles. The molecule has 3 aromatic carbocycles. The zero-order valence-electron chi connectivity index (χ0n) is 19.4. The Morgan fingerprint density at radius 3 is 2.51 bits per heavy atom. The van der Waals surface area contributed by atoms with E-state index in [1.807, 2.05) is 25.1 Å². The zero-order chi connectivity index (χ0) is 24.9. The van der Waals surface area contributed by atoms with Crippen LogP contribution in [-0.4, -0.2) is 39.2 Å². The lowest BCUT2D eigenvalue weighted by Gasteiger charge is -2.13. The first-order valence-electron chi connectivity index (χ1n) is 11.0. The molecule has 0 aliphatic carbocycles. The van der Waals surface area contributed by atoms with Crippen molar-refractivity contribution in [3.05, 3.63) is 71.2 Å². The third-order valence-electron chi connectivity index (χ3n) is 5.26. The number of benzene rings is 3. The molecule has 1 atom stereocenters. The molecule has 35 heavy (non-hydrogen) atoms. The average molecular weight is 510 g/mol. The van der Waals surface area contributed by atoms with Crippen molar-refractivity contribution >= 4 is 51.6 Å². The highest BCUT2D eigenvalue weighted by molar-refractivity contribution is 7.80. The van der Waals surface area contributed by atoms with Gasteiger partial charge in [0.05, 0.1) is 23.9 Å². The summed E-state index contributed by atoms with van der Waals surface area (Å²) in [4.78, 5) is 14.1. The fourth-order valence-electron chi connectivity index (χ4n) is 3.23. The summed E-state index contributed by atoms with van der Waals surface area (Å²) in [7, 11) is 1.56. The molecule has 1 heterocycles. The van der Waals surface area contributed by atoms with E-state index in [2.05, 4.69) is 27.8 Å². The second-order valence-electron chi connectivity index (χ2n) is 7.78. The predicted octanol–water partition coefficient (Wildman–Crippen LogP) is 5.39. The van der Waals surface area contributed by atoms with E-state index in [0.29, 0.717) is 38.7 Å². The first-order valence-corrected chi connectivity index (χ1v) is 11.7. The number of methoxy groups -OCH3 is 1. The van der Waals surface area contributed by atoms with Crippen molar-refractivity contribution in [2.45, 2.75) is 26.4 Å². The second-order valence-corrected chi connectivity index (χ2v) is 8.60. The maximum absolute atomic E-state index is 12.6. The molecule has 4 aromatic rings. The van der Waals surface area contributed by atoms with E-state index >= 15 is 0 Å². The van der Waals surface area contributed by atoms with Gasteiger partial charge in [-0.25, -0.2) is 0 Å². The number of amides is 1. The summed E-state index contributed by atoms with van der Waals surface area (Å²) in [5, 5.41) is 15.3. The number of carbonyl (C=O) groups is 1. The van der Waals surface area contributed by atoms with Crippen LogP contribution in [-0.2, 0) is 0 Å². The number of anilines is 1. The molecule has 0 fully saturated rings. The van der Waals surface area contributed by atoms with Gasteiger partial charge < -0.3 is 14.8 Å². The van der Waals surface area contributed by atoms with E-state index in [0.717, 1.165) is 12.2 Å². The molecule has 0 saturated heterocycles. The zero-order valence-corrected chi connectivity index (χ0v) is 21.0. The summed E-state index contributed by atoms with van der Waals surface area (Å²) in [6, 6.07) is 17.7. The van der Waals surface area contributed by atoms with Crippen LogP contribution in [0.2, 0.25) is 5.02 Å². The predicted molar refractivity (Wildman–Crippen MR) is 141 cm³/mol. The maximum Gasteiger partial charge on any atom is 0.257 e. The number of nitrogens with zero attached hydrogens (tertiary/aromatic N) is 3. The number of carbonyl (C=O) groups excluding carboxylic acids is 1. The van der Waals surface area contributed by atoms with E-state index in [1.54, 1.807) is 49.6 Å². The summed E-state index contributed by atoms with van der Waals surface area (Å²) in [5.74, 6) is 0.973. The van der Waals surface area contributed by atoms with Gasteiger partial charge in [0.2, 0.25) is 0 Å². The molecular formula is C25H24ClN5O3S. The van der Waals surface area contributed by atoms with Gasteiger partial charge in [-0.2, -0.15) is 4.80 Å². The molecule has 1 amide bonds. The first-order chi connectivity index (χ1) is 16.9. The van der Waals surface area contributed by atoms with Crippen LogP contribution >= 0.6 is 23.8 Å². The number of hydrogen-bond acceptors (Lipinski definition) is 6. The lowest BCUT2D eigenvalue weighted by Crippen LogP contribution is -2.34. The topological polar surface area (TPSA) is 90.3 Å². The normalized spacial score (nSPS) is 11.7. The van der Waals surface area contributed by atoms with Gasteiger partial charge in [0, 0.05) is 11.3 Å². The van der Waals surface area contributed by atoms with Crippen molar-refractivity contribution in [1.29, 1.82) is 0 Å². The van der Waals surface area contributed by atoms with Crippen molar-refractivity contribution in [3.8, 4) is 17.2 Å². The van der Waals surface area contributed by atoms with Crippen LogP contribution < -0.4 is 20.1 Å². The van der Waals surface area contributed by atoms with E-state index < -0.39 is 0 Å². The van der Waals surface area contributed by atoms with Crippen LogP contribution in [0.15, 0.2) is 60.7 Å². The Morgan fingerprint density at radius 1 is 1.09 bits per heavy atom. The smallest absolute Gasteiger partial charge is 0.257 e. The third kappa shape index (κ3) is 5.87. The molecule has 2 N–H and O–H groups in total. The summed E-state index contributed by atoms with van der Waals surface area (Å²) >= 11 is 11.5. The van der Waals surface area contributed by atoms with Crippen LogP contribution in [0.4, 0.5) is 5.69 Å². The Hall–Kier alpha value is -3.69. The number of ether oxygens (including phenoxy) is 2. The molecule has 0 spiro atoms. The van der Waals surface area contributed by atoms with E-state index in [9.17, 15) is 4.79 Å². The van der Waals surface area contributed by atoms with Gasteiger partial charge in [-0.1, -0.05) is 18.5 Å². The van der Waals surface area contributed by atoms with Crippen molar-refractivity contribution in [1.82, 2.24) is 20.3 Å². The van der Waals surface area contributed by atoms with Gasteiger partial charge in [-0.3, -0.25) is 10.1 Å². The molecule has 4 rings (SSSR count). The van der Waals surface area contributed by atoms with Crippen molar-refractivity contribution in [3.63, 3.8) is 0 Å². The summed E-state index contributed by atoms with van der Waals surface area (Å²) < 4.78 is 10.9. The monoisotopic (exact) mass is 509 g/mol. The van der Waals surface area contributed by atoms with Gasteiger partial charge >= 0.3 is 0 Å². The molecule has 10 heteroatoms. The SMILES string of the molecule is CC[C@H](C)Oc1ccc(C(=O)NC(=S)Nc2ccc3nn(-c4ccc(OC)c(Cl)c4)nc3c2)cc1. The minimum atomic E-state index is -0.319. The summed E-state index contributed by atoms with van der Waals surface area (Å²) in [5.41, 5.74) is 3.18. The highest BCUT2D eigenvalue weighted by Gasteiger charge is 2.11. The van der Waals surface area contributed by atoms with Gasteiger partial charge in [0.1, 0.15) is 22.5 Å². The van der Waals surface area contributed by atoms with Crippen molar-refractivity contribution in [2.75, 3.05) is 12.4 Å². The number of fused-ring (bicyclic) bond motifs is 1. The van der Waals surface area contributed by atoms with Crippen molar-refractivity contribution in [2.24, 2.45) is 0 Å². The minimum Gasteiger partial charge on any atom is -0.495 e. The number of halogens is 1. The molecule has 1 aromatic heterocycles. The highest BCUT2D eigenvalue weighted by Crippen LogP contribution is 2.27. The number of nitrogens with one attached hydrogen (secondary N) is 2. The second kappa shape index (κ2) is 10.7. The molecule has 0 radical (unpaired) electrons. The first kappa shape index (κ1) is 24.4. The van der Waals surface area contributed by atoms with Gasteiger partial charge in [-0.05, 0) is 86.2 Å². The number of thiocarbonyl (C=S) groups is 1. The number of rotatable bonds is 7. The van der Waals surface area contributed by atoms with E-state index in [4.69, 9.17) is 33.3 Å². The Morgan fingerprint density at radius 2 is 1.83 bits per heavy atom.